The van der Waals surface area contributed by atoms with Crippen molar-refractivity contribution in [3.05, 3.63) is 6.33 Å². The fourth-order valence-corrected chi connectivity index (χ4v) is 5.54. The molecule has 3 heterocycles. The van der Waals surface area contributed by atoms with Crippen molar-refractivity contribution in [3.8, 4) is 0 Å². The maximum Gasteiger partial charge on any atom is 0.192 e. The lowest BCUT2D eigenvalue weighted by Gasteiger charge is -2.39. The van der Waals surface area contributed by atoms with E-state index >= 15 is 4.39 Å². The third-order valence-electron chi connectivity index (χ3n) is 5.98. The number of alkyl halides is 1. The molecule has 0 unspecified atom stereocenters. The van der Waals surface area contributed by atoms with Gasteiger partial charge in [0, 0.05) is 5.25 Å². The van der Waals surface area contributed by atoms with Gasteiger partial charge in [-0.15, -0.1) is 11.8 Å². The predicted octanol–water partition coefficient (Wildman–Crippen LogP) is 4.94. The third-order valence-corrected chi connectivity index (χ3v) is 11.4. The molecule has 4 atom stereocenters. The molecular formula is C20H34FN5O2SSi. The van der Waals surface area contributed by atoms with Crippen molar-refractivity contribution in [2.24, 2.45) is 0 Å². The molecule has 0 spiro atoms. The highest BCUT2D eigenvalue weighted by Gasteiger charge is 2.51. The van der Waals surface area contributed by atoms with Crippen molar-refractivity contribution in [2.45, 2.75) is 101 Å². The zero-order chi connectivity index (χ0) is 22.4. The third kappa shape index (κ3) is 4.24. The Morgan fingerprint density at radius 2 is 2.00 bits per heavy atom. The molecule has 1 aliphatic heterocycles. The minimum atomic E-state index is -2.18. The lowest BCUT2D eigenvalue weighted by molar-refractivity contribution is -0.0296. The zero-order valence-corrected chi connectivity index (χ0v) is 21.0. The van der Waals surface area contributed by atoms with Gasteiger partial charge in [-0.05, 0) is 24.6 Å². The van der Waals surface area contributed by atoms with E-state index in [1.807, 2.05) is 6.92 Å². The smallest absolute Gasteiger partial charge is 0.192 e. The van der Waals surface area contributed by atoms with Gasteiger partial charge in [-0.25, -0.2) is 19.0 Å². The van der Waals surface area contributed by atoms with Crippen LogP contribution in [0.25, 0.3) is 11.0 Å². The minimum Gasteiger partial charge on any atom is -0.408 e. The summed E-state index contributed by atoms with van der Waals surface area (Å²) in [6, 6.07) is 0. The first-order valence-corrected chi connectivity index (χ1v) is 14.3. The van der Waals surface area contributed by atoms with Gasteiger partial charge >= 0.3 is 0 Å². The highest BCUT2D eigenvalue weighted by Crippen LogP contribution is 2.44. The van der Waals surface area contributed by atoms with E-state index in [2.05, 4.69) is 62.8 Å². The highest BCUT2D eigenvalue weighted by molar-refractivity contribution is 8.00. The number of nitrogens with zero attached hydrogens (tertiary/aromatic N) is 4. The number of aromatic nitrogens is 4. The van der Waals surface area contributed by atoms with E-state index in [9.17, 15) is 0 Å². The monoisotopic (exact) mass is 455 g/mol. The standard InChI is InChI=1S/C20H34FN5O2SSi/c1-9-12-15(28-30(7,8)20(4,5)6)14(21)19(27-12)26-17-13(16(22)23-10-24-17)18(25-26)29-11(2)3/h10-12,14-15,19H,9H2,1-8H3,(H2,22,23,24)/t12-,14+,15-,19-/m1/s1. The van der Waals surface area contributed by atoms with E-state index in [-0.39, 0.29) is 16.4 Å². The molecule has 2 aromatic heterocycles. The van der Waals surface area contributed by atoms with Crippen LogP contribution >= 0.6 is 11.8 Å². The fourth-order valence-electron chi connectivity index (χ4n) is 3.32. The molecule has 10 heteroatoms. The van der Waals surface area contributed by atoms with Crippen LogP contribution in [0.2, 0.25) is 18.1 Å². The van der Waals surface area contributed by atoms with Crippen molar-refractivity contribution in [1.29, 1.82) is 0 Å². The Hall–Kier alpha value is -1.23. The van der Waals surface area contributed by atoms with E-state index in [1.54, 1.807) is 11.8 Å². The summed E-state index contributed by atoms with van der Waals surface area (Å²) in [6.45, 7) is 16.8. The number of ether oxygens (including phenoxy) is 1. The Kier molecular flexibility index (Phi) is 6.53. The van der Waals surface area contributed by atoms with E-state index in [0.717, 1.165) is 0 Å². The van der Waals surface area contributed by atoms with Crippen LogP contribution < -0.4 is 5.73 Å². The largest absolute Gasteiger partial charge is 0.408 e. The van der Waals surface area contributed by atoms with Crippen LogP contribution in [0.15, 0.2) is 11.4 Å². The van der Waals surface area contributed by atoms with E-state index in [0.29, 0.717) is 28.3 Å². The number of halogens is 1. The summed E-state index contributed by atoms with van der Waals surface area (Å²) < 4.78 is 30.0. The lowest BCUT2D eigenvalue weighted by atomic mass is 10.1. The Labute approximate surface area is 183 Å². The molecule has 2 aromatic rings. The van der Waals surface area contributed by atoms with Crippen molar-refractivity contribution >= 4 is 36.9 Å². The predicted molar refractivity (Wildman–Crippen MR) is 122 cm³/mol. The summed E-state index contributed by atoms with van der Waals surface area (Å²) in [5.74, 6) is 0.337. The van der Waals surface area contributed by atoms with Crippen molar-refractivity contribution in [1.82, 2.24) is 19.7 Å². The van der Waals surface area contributed by atoms with E-state index in [4.69, 9.17) is 14.9 Å². The topological polar surface area (TPSA) is 88.1 Å². The summed E-state index contributed by atoms with van der Waals surface area (Å²) in [4.78, 5) is 8.46. The van der Waals surface area contributed by atoms with E-state index < -0.39 is 26.8 Å². The maximum absolute atomic E-state index is 15.8. The first kappa shape index (κ1) is 23.4. The fraction of sp³-hybridized carbons (Fsp3) is 0.750. The molecule has 0 amide bonds. The molecule has 1 fully saturated rings. The van der Waals surface area contributed by atoms with Crippen molar-refractivity contribution < 1.29 is 13.6 Å². The van der Waals surface area contributed by atoms with Crippen LogP contribution in [0.5, 0.6) is 0 Å². The van der Waals surface area contributed by atoms with Gasteiger partial charge in [0.15, 0.2) is 26.4 Å². The molecule has 168 valence electrons. The molecule has 30 heavy (non-hydrogen) atoms. The molecule has 3 rings (SSSR count). The lowest BCUT2D eigenvalue weighted by Crippen LogP contribution is -2.48. The molecule has 0 saturated carbocycles. The van der Waals surface area contributed by atoms with Crippen LogP contribution in [-0.2, 0) is 9.16 Å². The van der Waals surface area contributed by atoms with Crippen LogP contribution in [0, 0.1) is 0 Å². The maximum atomic E-state index is 15.8. The Morgan fingerprint density at radius 1 is 1.33 bits per heavy atom. The molecule has 1 aliphatic rings. The van der Waals surface area contributed by atoms with Crippen LogP contribution in [0.4, 0.5) is 10.2 Å². The Balaban J connectivity index is 2.01. The number of nitrogen functional groups attached to an aromatic ring is 1. The van der Waals surface area contributed by atoms with Gasteiger partial charge in [0.1, 0.15) is 23.3 Å². The molecule has 0 aromatic carbocycles. The van der Waals surface area contributed by atoms with Crippen molar-refractivity contribution in [3.63, 3.8) is 0 Å². The number of hydrogen-bond donors (Lipinski definition) is 1. The molecular weight excluding hydrogens is 421 g/mol. The van der Waals surface area contributed by atoms with Gasteiger partial charge in [0.2, 0.25) is 0 Å². The molecule has 0 aliphatic carbocycles. The molecule has 0 bridgehead atoms. The Bertz CT molecular complexity index is 901. The molecule has 2 N–H and O–H groups in total. The summed E-state index contributed by atoms with van der Waals surface area (Å²) >= 11 is 1.55. The molecule has 0 radical (unpaired) electrons. The molecule has 1 saturated heterocycles. The first-order valence-electron chi connectivity index (χ1n) is 10.5. The number of rotatable bonds is 6. The summed E-state index contributed by atoms with van der Waals surface area (Å²) in [5.41, 5.74) is 6.61. The second-order valence-corrected chi connectivity index (χ2v) is 16.0. The van der Waals surface area contributed by atoms with Gasteiger partial charge in [0.25, 0.3) is 0 Å². The van der Waals surface area contributed by atoms with Crippen LogP contribution in [0.3, 0.4) is 0 Å². The quantitative estimate of drug-likeness (QED) is 0.487. The number of anilines is 1. The average molecular weight is 456 g/mol. The number of fused-ring (bicyclic) bond motifs is 1. The number of hydrogen-bond acceptors (Lipinski definition) is 7. The van der Waals surface area contributed by atoms with E-state index in [1.165, 1.54) is 11.0 Å². The summed E-state index contributed by atoms with van der Waals surface area (Å²) in [6.07, 6.45) is -1.23. The Morgan fingerprint density at radius 3 is 2.57 bits per heavy atom. The summed E-state index contributed by atoms with van der Waals surface area (Å²) in [7, 11) is -2.18. The van der Waals surface area contributed by atoms with Gasteiger partial charge in [-0.3, -0.25) is 0 Å². The first-order chi connectivity index (χ1) is 13.9. The highest BCUT2D eigenvalue weighted by atomic mass is 32.2. The van der Waals surface area contributed by atoms with Crippen LogP contribution in [0.1, 0.15) is 54.2 Å². The normalized spacial score (nSPS) is 25.5. The van der Waals surface area contributed by atoms with Gasteiger partial charge in [0.05, 0.1) is 11.5 Å². The van der Waals surface area contributed by atoms with Crippen LogP contribution in [-0.4, -0.2) is 51.7 Å². The zero-order valence-electron chi connectivity index (χ0n) is 19.1. The van der Waals surface area contributed by atoms with Crippen molar-refractivity contribution in [2.75, 3.05) is 5.73 Å². The minimum absolute atomic E-state index is 0.0236. The summed E-state index contributed by atoms with van der Waals surface area (Å²) in [5, 5.41) is 6.25. The SMILES string of the molecule is CC[C@H]1O[C@@H](n2nc(SC(C)C)c3c(N)ncnc32)[C@@H](F)[C@@H]1O[Si](C)(C)C(C)(C)C. The van der Waals surface area contributed by atoms with Gasteiger partial charge in [-0.2, -0.15) is 5.10 Å². The van der Waals surface area contributed by atoms with Gasteiger partial charge in [-0.1, -0.05) is 41.5 Å². The molecule has 7 nitrogen and oxygen atoms in total. The second-order valence-electron chi connectivity index (χ2n) is 9.63. The number of thioether (sulfide) groups is 1. The number of nitrogens with two attached hydrogens (primary N) is 1. The van der Waals surface area contributed by atoms with Gasteiger partial charge < -0.3 is 14.9 Å². The average Bonchev–Trinajstić information content (AvgIpc) is 3.12. The second kappa shape index (κ2) is 8.37.